The van der Waals surface area contributed by atoms with Gasteiger partial charge in [-0.2, -0.15) is 0 Å². The molecule has 3 nitrogen and oxygen atoms in total. The molecule has 8 bridgehead atoms. The lowest BCUT2D eigenvalue weighted by atomic mass is 9.26. The van der Waals surface area contributed by atoms with Gasteiger partial charge in [-0.05, 0) is 127 Å². The first-order chi connectivity index (χ1) is 15.7. The number of carbonyl (C=O) groups is 1. The van der Waals surface area contributed by atoms with E-state index >= 15 is 0 Å². The Balaban J connectivity index is 1.43. The van der Waals surface area contributed by atoms with Crippen LogP contribution >= 0.6 is 0 Å². The maximum Gasteiger partial charge on any atom is 0.335 e. The second-order valence-corrected chi connectivity index (χ2v) is 16.3. The highest BCUT2D eigenvalue weighted by Crippen LogP contribution is 2.84. The first-order valence-corrected chi connectivity index (χ1v) is 13.7. The van der Waals surface area contributed by atoms with E-state index in [9.17, 15) is 15.0 Å². The molecule has 8 saturated carbocycles. The smallest absolute Gasteiger partial charge is 0.335 e. The maximum absolute atomic E-state index is 12.4. The molecule has 4 unspecified atom stereocenters. The molecule has 0 spiro atoms. The summed E-state index contributed by atoms with van der Waals surface area (Å²) in [4.78, 5) is 12.4. The van der Waals surface area contributed by atoms with Gasteiger partial charge in [0.2, 0.25) is 0 Å². The third-order valence-electron chi connectivity index (χ3n) is 12.0. The van der Waals surface area contributed by atoms with Crippen molar-refractivity contribution in [1.82, 2.24) is 0 Å². The number of carboxylic acid groups (broad SMARTS) is 1. The fourth-order valence-electron chi connectivity index (χ4n) is 13.9. The zero-order valence-corrected chi connectivity index (χ0v) is 21.6. The van der Waals surface area contributed by atoms with Crippen LogP contribution in [0.5, 0.6) is 0 Å². The van der Waals surface area contributed by atoms with Crippen LogP contribution in [0.4, 0.5) is 0 Å². The van der Waals surface area contributed by atoms with E-state index < -0.39 is 11.6 Å². The van der Waals surface area contributed by atoms with Gasteiger partial charge in [0.05, 0.1) is 11.2 Å². The highest BCUT2D eigenvalue weighted by atomic mass is 16.4. The number of aromatic carboxylic acids is 1. The quantitative estimate of drug-likeness (QED) is 0.503. The maximum atomic E-state index is 12.4. The van der Waals surface area contributed by atoms with E-state index in [0.29, 0.717) is 5.56 Å². The second kappa shape index (κ2) is 5.79. The molecule has 0 aromatic heterocycles. The third kappa shape index (κ3) is 2.66. The van der Waals surface area contributed by atoms with Gasteiger partial charge in [-0.3, -0.25) is 0 Å². The van der Waals surface area contributed by atoms with Crippen LogP contribution in [0.25, 0.3) is 0 Å². The molecule has 0 aliphatic heterocycles. The van der Waals surface area contributed by atoms with Crippen LogP contribution < -0.4 is 0 Å². The molecule has 4 atom stereocenters. The lowest BCUT2D eigenvalue weighted by Gasteiger charge is -2.79. The summed E-state index contributed by atoms with van der Waals surface area (Å²) in [7, 11) is 0. The van der Waals surface area contributed by atoms with Crippen molar-refractivity contribution in [2.45, 2.75) is 116 Å². The average Bonchev–Trinajstić information content (AvgIpc) is 2.61. The first-order valence-electron chi connectivity index (χ1n) is 13.7. The average molecular weight is 463 g/mol. The fourth-order valence-corrected chi connectivity index (χ4v) is 13.9. The highest BCUT2D eigenvalue weighted by Gasteiger charge is 2.76. The van der Waals surface area contributed by atoms with E-state index in [1.165, 1.54) is 38.5 Å². The molecular weight excluding hydrogens is 420 g/mol. The van der Waals surface area contributed by atoms with Crippen LogP contribution in [0.2, 0.25) is 0 Å². The number of rotatable bonds is 3. The van der Waals surface area contributed by atoms with Crippen molar-refractivity contribution in [3.05, 3.63) is 35.4 Å². The van der Waals surface area contributed by atoms with Gasteiger partial charge in [0.1, 0.15) is 0 Å². The van der Waals surface area contributed by atoms with Crippen LogP contribution in [0.1, 0.15) is 121 Å². The summed E-state index contributed by atoms with van der Waals surface area (Å²) in [6, 6.07) is 7.94. The highest BCUT2D eigenvalue weighted by molar-refractivity contribution is 5.90. The lowest BCUT2D eigenvalue weighted by Crippen LogP contribution is -2.72. The Kier molecular flexibility index (Phi) is 3.73. The van der Waals surface area contributed by atoms with Crippen LogP contribution in [-0.4, -0.2) is 21.8 Å². The lowest BCUT2D eigenvalue weighted by molar-refractivity contribution is -0.300. The van der Waals surface area contributed by atoms with Crippen LogP contribution in [0.15, 0.2) is 24.3 Å². The number of hydrogen-bond donors (Lipinski definition) is 2. The summed E-state index contributed by atoms with van der Waals surface area (Å²) < 4.78 is 0. The molecule has 8 aliphatic rings. The van der Waals surface area contributed by atoms with E-state index in [-0.39, 0.29) is 37.9 Å². The zero-order chi connectivity index (χ0) is 24.0. The van der Waals surface area contributed by atoms with Crippen LogP contribution in [0.3, 0.4) is 0 Å². The predicted molar refractivity (Wildman–Crippen MR) is 133 cm³/mol. The summed E-state index contributed by atoms with van der Waals surface area (Å²) in [5.41, 5.74) is 2.45. The summed E-state index contributed by atoms with van der Waals surface area (Å²) >= 11 is 0. The van der Waals surface area contributed by atoms with Gasteiger partial charge in [-0.25, -0.2) is 4.79 Å². The molecule has 1 aromatic carbocycles. The minimum Gasteiger partial charge on any atom is -0.478 e. The molecule has 3 heteroatoms. The van der Waals surface area contributed by atoms with Gasteiger partial charge in [0, 0.05) is 0 Å². The largest absolute Gasteiger partial charge is 0.478 e. The SMILES string of the molecule is CC12CC3(C)CC(O)(C1)CC(C14CC5(C)CC(C)(CC(c6ccccc6C(=O)O)(C5)C1)C4)(C2)C3. The molecule has 0 amide bonds. The van der Waals surface area contributed by atoms with Gasteiger partial charge in [-0.1, -0.05) is 45.9 Å². The number of benzene rings is 1. The van der Waals surface area contributed by atoms with Crippen LogP contribution in [-0.2, 0) is 5.41 Å². The fraction of sp³-hybridized carbons (Fsp3) is 0.774. The molecular formula is C31H42O3. The Labute approximate surface area is 204 Å². The molecule has 8 aliphatic carbocycles. The Hall–Kier alpha value is -1.35. The summed E-state index contributed by atoms with van der Waals surface area (Å²) in [5.74, 6) is -0.778. The molecule has 0 saturated heterocycles. The number of carboxylic acids is 1. The van der Waals surface area contributed by atoms with Crippen molar-refractivity contribution in [1.29, 1.82) is 0 Å². The van der Waals surface area contributed by atoms with Gasteiger partial charge >= 0.3 is 5.97 Å². The van der Waals surface area contributed by atoms with E-state index in [4.69, 9.17) is 0 Å². The third-order valence-corrected chi connectivity index (χ3v) is 12.0. The van der Waals surface area contributed by atoms with E-state index in [1.54, 1.807) is 0 Å². The standard InChI is InChI=1S/C31H42O3/c1-24-9-25(2)12-28(11-24,22-8-6-5-7-21(22)23(32)33)19-29(13-24,14-25)30-15-26(3)10-27(4,16-30)18-31(34,17-26)20-30/h5-8,34H,9-20H2,1-4H3,(H,32,33). The molecule has 184 valence electrons. The molecule has 9 rings (SSSR count). The van der Waals surface area contributed by atoms with Crippen molar-refractivity contribution >= 4 is 5.97 Å². The van der Waals surface area contributed by atoms with Crippen molar-refractivity contribution in [3.8, 4) is 0 Å². The molecule has 34 heavy (non-hydrogen) atoms. The molecule has 8 fully saturated rings. The van der Waals surface area contributed by atoms with Crippen molar-refractivity contribution in [2.75, 3.05) is 0 Å². The monoisotopic (exact) mass is 462 g/mol. The van der Waals surface area contributed by atoms with E-state index in [1.807, 2.05) is 12.1 Å². The Morgan fingerprint density at radius 3 is 1.62 bits per heavy atom. The Morgan fingerprint density at radius 2 is 1.12 bits per heavy atom. The summed E-state index contributed by atoms with van der Waals surface area (Å²) in [6.07, 6.45) is 13.9. The minimum atomic E-state index is -0.778. The van der Waals surface area contributed by atoms with Crippen molar-refractivity contribution < 1.29 is 15.0 Å². The number of hydrogen-bond acceptors (Lipinski definition) is 2. The van der Waals surface area contributed by atoms with Crippen LogP contribution in [0, 0.1) is 32.5 Å². The first kappa shape index (κ1) is 21.9. The van der Waals surface area contributed by atoms with Gasteiger partial charge < -0.3 is 10.2 Å². The minimum absolute atomic E-state index is 0.0546. The topological polar surface area (TPSA) is 57.5 Å². The van der Waals surface area contributed by atoms with E-state index in [0.717, 1.165) is 44.1 Å². The van der Waals surface area contributed by atoms with Gasteiger partial charge in [0.25, 0.3) is 0 Å². The van der Waals surface area contributed by atoms with Crippen molar-refractivity contribution in [3.63, 3.8) is 0 Å². The Bertz CT molecular complexity index is 1040. The van der Waals surface area contributed by atoms with Crippen molar-refractivity contribution in [2.24, 2.45) is 32.5 Å². The molecule has 1 aromatic rings. The van der Waals surface area contributed by atoms with Gasteiger partial charge in [-0.15, -0.1) is 0 Å². The zero-order valence-electron chi connectivity index (χ0n) is 21.6. The second-order valence-electron chi connectivity index (χ2n) is 16.3. The molecule has 2 N–H and O–H groups in total. The predicted octanol–water partition coefficient (Wildman–Crippen LogP) is 7.11. The molecule has 0 heterocycles. The summed E-state index contributed by atoms with van der Waals surface area (Å²) in [6.45, 7) is 9.99. The summed E-state index contributed by atoms with van der Waals surface area (Å²) in [5, 5.41) is 22.1. The molecule has 0 radical (unpaired) electrons. The van der Waals surface area contributed by atoms with E-state index in [2.05, 4.69) is 39.8 Å². The normalized spacial score (nSPS) is 56.7. The van der Waals surface area contributed by atoms with Gasteiger partial charge in [0.15, 0.2) is 0 Å². The Morgan fingerprint density at radius 1 is 0.647 bits per heavy atom. The number of aliphatic hydroxyl groups is 1.